The van der Waals surface area contributed by atoms with Gasteiger partial charge in [0.2, 0.25) is 0 Å². The first kappa shape index (κ1) is 21.2. The number of nitrogens with two attached hydrogens (primary N) is 1. The summed E-state index contributed by atoms with van der Waals surface area (Å²) in [5, 5.41) is 4.19. The van der Waals surface area contributed by atoms with Gasteiger partial charge in [-0.1, -0.05) is 107 Å². The summed E-state index contributed by atoms with van der Waals surface area (Å²) in [6, 6.07) is 35.0. The predicted octanol–water partition coefficient (Wildman–Crippen LogP) is 5.92. The minimum atomic E-state index is -0.446. The molecule has 0 spiro atoms. The molecule has 1 nitrogen and oxygen atoms in total. The first-order valence-electron chi connectivity index (χ1n) is 9.22. The number of hydrogen-bond acceptors (Lipinski definition) is 1. The van der Waals surface area contributed by atoms with Crippen molar-refractivity contribution in [2.75, 3.05) is 5.73 Å². The third kappa shape index (κ3) is 5.76. The highest BCUT2D eigenvalue weighted by molar-refractivity contribution is 9.10. The van der Waals surface area contributed by atoms with Crippen molar-refractivity contribution in [2.24, 2.45) is 0 Å². The summed E-state index contributed by atoms with van der Waals surface area (Å²) >= 11 is 3.18. The zero-order valence-corrected chi connectivity index (χ0v) is 18.6. The van der Waals surface area contributed by atoms with Gasteiger partial charge in [-0.25, -0.2) is 4.39 Å². The van der Waals surface area contributed by atoms with E-state index < -0.39 is 7.92 Å². The zero-order valence-electron chi connectivity index (χ0n) is 16.1. The van der Waals surface area contributed by atoms with Crippen LogP contribution < -0.4 is 21.6 Å². The fourth-order valence-electron chi connectivity index (χ4n) is 2.84. The van der Waals surface area contributed by atoms with Gasteiger partial charge in [0, 0.05) is 10.2 Å². The van der Waals surface area contributed by atoms with E-state index in [2.05, 4.69) is 107 Å². The molecule has 4 rings (SSSR count). The van der Waals surface area contributed by atoms with Gasteiger partial charge in [0.15, 0.2) is 0 Å². The zero-order chi connectivity index (χ0) is 20.6. The maximum Gasteiger partial charge on any atom is 0.126 e. The Hall–Kier alpha value is -2.48. The highest BCUT2D eigenvalue weighted by Crippen LogP contribution is 2.32. The number of anilines is 1. The summed E-state index contributed by atoms with van der Waals surface area (Å²) in [5.41, 5.74) is 6.81. The summed E-state index contributed by atoms with van der Waals surface area (Å²) in [6.45, 7) is 1.83. The van der Waals surface area contributed by atoms with Gasteiger partial charge in [0.05, 0.1) is 0 Å². The smallest absolute Gasteiger partial charge is 0.126 e. The molecule has 0 fully saturated rings. The van der Waals surface area contributed by atoms with E-state index in [0.29, 0.717) is 10.2 Å². The molecule has 29 heavy (non-hydrogen) atoms. The summed E-state index contributed by atoms with van der Waals surface area (Å²) < 4.78 is 13.2. The topological polar surface area (TPSA) is 26.0 Å². The number of benzene rings is 4. The van der Waals surface area contributed by atoms with Crippen LogP contribution in [0.1, 0.15) is 5.56 Å². The van der Waals surface area contributed by atoms with Gasteiger partial charge < -0.3 is 5.73 Å². The van der Waals surface area contributed by atoms with E-state index in [1.165, 1.54) is 28.0 Å². The number of rotatable bonds is 3. The van der Waals surface area contributed by atoms with Crippen LogP contribution in [0.4, 0.5) is 10.1 Å². The molecule has 0 unspecified atom stereocenters. The molecule has 0 bridgehead atoms. The molecular formula is C25H22BrFNP. The molecule has 0 aliphatic rings. The van der Waals surface area contributed by atoms with Gasteiger partial charge in [0.1, 0.15) is 5.82 Å². The van der Waals surface area contributed by atoms with Crippen LogP contribution in [0.15, 0.2) is 108 Å². The lowest BCUT2D eigenvalue weighted by atomic mass is 10.2. The molecule has 2 N–H and O–H groups in total. The Morgan fingerprint density at radius 3 is 1.41 bits per heavy atom. The van der Waals surface area contributed by atoms with Gasteiger partial charge in [0.25, 0.3) is 0 Å². The van der Waals surface area contributed by atoms with E-state index in [9.17, 15) is 4.39 Å². The van der Waals surface area contributed by atoms with Crippen LogP contribution in [0.25, 0.3) is 0 Å². The average molecular weight is 466 g/mol. The normalized spacial score (nSPS) is 10.3. The highest BCUT2D eigenvalue weighted by atomic mass is 79.9. The quantitative estimate of drug-likeness (QED) is 0.294. The van der Waals surface area contributed by atoms with Gasteiger partial charge in [-0.2, -0.15) is 0 Å². The lowest BCUT2D eigenvalue weighted by Gasteiger charge is -2.18. The van der Waals surface area contributed by atoms with Crippen molar-refractivity contribution in [3.8, 4) is 0 Å². The largest absolute Gasteiger partial charge is 0.398 e. The van der Waals surface area contributed by atoms with E-state index in [0.717, 1.165) is 5.56 Å². The van der Waals surface area contributed by atoms with Crippen LogP contribution in [0.2, 0.25) is 0 Å². The molecule has 0 atom stereocenters. The minimum absolute atomic E-state index is 0.310. The van der Waals surface area contributed by atoms with Crippen LogP contribution in [0.5, 0.6) is 0 Å². The van der Waals surface area contributed by atoms with E-state index in [1.807, 2.05) is 6.92 Å². The predicted molar refractivity (Wildman–Crippen MR) is 128 cm³/mol. The molecule has 0 aromatic heterocycles. The van der Waals surface area contributed by atoms with Crippen molar-refractivity contribution < 1.29 is 4.39 Å². The Balaban J connectivity index is 0.000000204. The molecule has 4 aromatic carbocycles. The molecule has 146 valence electrons. The number of halogens is 2. The second-order valence-corrected chi connectivity index (χ2v) is 9.52. The van der Waals surface area contributed by atoms with Crippen molar-refractivity contribution in [2.45, 2.75) is 6.92 Å². The molecule has 0 aliphatic carbocycles. The molecule has 0 amide bonds. The van der Waals surface area contributed by atoms with Gasteiger partial charge in [-0.05, 0) is 48.5 Å². The van der Waals surface area contributed by atoms with Crippen molar-refractivity contribution >= 4 is 45.5 Å². The van der Waals surface area contributed by atoms with Crippen molar-refractivity contribution in [1.82, 2.24) is 0 Å². The van der Waals surface area contributed by atoms with E-state index in [4.69, 9.17) is 5.73 Å². The Labute approximate surface area is 181 Å². The van der Waals surface area contributed by atoms with Crippen molar-refractivity contribution in [3.63, 3.8) is 0 Å². The summed E-state index contributed by atoms with van der Waals surface area (Å²) in [4.78, 5) is 0. The lowest BCUT2D eigenvalue weighted by Crippen LogP contribution is -2.20. The molecule has 0 saturated carbocycles. The van der Waals surface area contributed by atoms with Crippen LogP contribution in [-0.2, 0) is 0 Å². The van der Waals surface area contributed by atoms with Crippen molar-refractivity contribution in [1.29, 1.82) is 0 Å². The molecule has 0 saturated heterocycles. The fraction of sp³-hybridized carbons (Fsp3) is 0.0400. The molecule has 0 aliphatic heterocycles. The van der Waals surface area contributed by atoms with Gasteiger partial charge in [-0.3, -0.25) is 0 Å². The second-order valence-electron chi connectivity index (χ2n) is 6.44. The van der Waals surface area contributed by atoms with Gasteiger partial charge in [-0.15, -0.1) is 0 Å². The third-order valence-electron chi connectivity index (χ3n) is 4.39. The average Bonchev–Trinajstić information content (AvgIpc) is 2.75. The first-order chi connectivity index (χ1) is 14.1. The minimum Gasteiger partial charge on any atom is -0.398 e. The highest BCUT2D eigenvalue weighted by Gasteiger charge is 2.14. The standard InChI is InChI=1S/C18H15P.C7H7BrFN/c1-4-10-16(11-5-1)19(17-12-6-2-7-13-17)18-14-8-3-9-15-18;1-4-6(8)2-5(9)3-7(4)10/h1-15H;2-3H,10H2,1H3. The summed E-state index contributed by atoms with van der Waals surface area (Å²) in [7, 11) is -0.446. The summed E-state index contributed by atoms with van der Waals surface area (Å²) in [6.07, 6.45) is 0. The Bertz CT molecular complexity index is 923. The van der Waals surface area contributed by atoms with E-state index in [1.54, 1.807) is 0 Å². The Kier molecular flexibility index (Phi) is 7.57. The molecule has 0 heterocycles. The molecule has 4 heteroatoms. The molecule has 4 aromatic rings. The Morgan fingerprint density at radius 1 is 0.690 bits per heavy atom. The first-order valence-corrected chi connectivity index (χ1v) is 11.4. The number of hydrogen-bond donors (Lipinski definition) is 1. The van der Waals surface area contributed by atoms with E-state index >= 15 is 0 Å². The maximum absolute atomic E-state index is 12.5. The van der Waals surface area contributed by atoms with Crippen LogP contribution in [-0.4, -0.2) is 0 Å². The van der Waals surface area contributed by atoms with E-state index in [-0.39, 0.29) is 5.82 Å². The molecule has 0 radical (unpaired) electrons. The fourth-order valence-corrected chi connectivity index (χ4v) is 5.60. The number of nitrogen functional groups attached to an aromatic ring is 1. The lowest BCUT2D eigenvalue weighted by molar-refractivity contribution is 0.627. The van der Waals surface area contributed by atoms with Crippen LogP contribution >= 0.6 is 23.9 Å². The maximum atomic E-state index is 12.5. The monoisotopic (exact) mass is 465 g/mol. The Morgan fingerprint density at radius 2 is 1.07 bits per heavy atom. The summed E-state index contributed by atoms with van der Waals surface area (Å²) in [5.74, 6) is -0.310. The van der Waals surface area contributed by atoms with Crippen LogP contribution in [0, 0.1) is 12.7 Å². The van der Waals surface area contributed by atoms with Crippen LogP contribution in [0.3, 0.4) is 0 Å². The van der Waals surface area contributed by atoms with Crippen molar-refractivity contribution in [3.05, 3.63) is 119 Å². The third-order valence-corrected chi connectivity index (χ3v) is 7.66. The molecular weight excluding hydrogens is 444 g/mol. The SMILES string of the molecule is Cc1c(N)cc(F)cc1Br.c1ccc(P(c2ccccc2)c2ccccc2)cc1. The van der Waals surface area contributed by atoms with Gasteiger partial charge >= 0.3 is 0 Å². The second kappa shape index (κ2) is 10.3.